The first-order valence-corrected chi connectivity index (χ1v) is 5.03. The fourth-order valence-corrected chi connectivity index (χ4v) is 1.23. The van der Waals surface area contributed by atoms with Gasteiger partial charge in [0.05, 0.1) is 5.56 Å². The summed E-state index contributed by atoms with van der Waals surface area (Å²) in [5.41, 5.74) is -2.05. The molecule has 0 aliphatic carbocycles. The zero-order chi connectivity index (χ0) is 14.8. The predicted molar refractivity (Wildman–Crippen MR) is 56.0 cm³/mol. The lowest BCUT2D eigenvalue weighted by Gasteiger charge is -2.12. The summed E-state index contributed by atoms with van der Waals surface area (Å²) < 4.78 is 50.2. The molecule has 0 heterocycles. The lowest BCUT2D eigenvalue weighted by molar-refractivity contribution is -0.140. The smallest absolute Gasteiger partial charge is 0.419 e. The second-order valence-electron chi connectivity index (χ2n) is 3.73. The summed E-state index contributed by atoms with van der Waals surface area (Å²) >= 11 is 0. The number of amides is 1. The first kappa shape index (κ1) is 14.9. The van der Waals surface area contributed by atoms with Crippen LogP contribution < -0.4 is 5.32 Å². The molecule has 1 aromatic rings. The Balaban J connectivity index is 3.03. The third kappa shape index (κ3) is 3.67. The van der Waals surface area contributed by atoms with Crippen molar-refractivity contribution >= 4 is 11.9 Å². The van der Waals surface area contributed by atoms with E-state index in [9.17, 15) is 27.2 Å². The van der Waals surface area contributed by atoms with E-state index in [2.05, 4.69) is 0 Å². The van der Waals surface area contributed by atoms with E-state index in [1.54, 1.807) is 0 Å². The summed E-state index contributed by atoms with van der Waals surface area (Å²) in [7, 11) is 0. The molecule has 1 amide bonds. The standard InChI is InChI=1S/C11H9F4NO3/c1-5(10(18)19)16-9(17)6-2-3-8(12)7(4-6)11(13,14)15/h2-5H,1H3,(H,16,17)(H,18,19)/t5-/m0/s1. The van der Waals surface area contributed by atoms with E-state index in [1.807, 2.05) is 5.32 Å². The van der Waals surface area contributed by atoms with Crippen LogP contribution in [0.2, 0.25) is 0 Å². The van der Waals surface area contributed by atoms with Gasteiger partial charge in [-0.05, 0) is 25.1 Å². The molecule has 0 fully saturated rings. The highest BCUT2D eigenvalue weighted by Gasteiger charge is 2.34. The van der Waals surface area contributed by atoms with Crippen LogP contribution in [0.25, 0.3) is 0 Å². The normalized spacial score (nSPS) is 12.9. The van der Waals surface area contributed by atoms with Gasteiger partial charge in [0.25, 0.3) is 5.91 Å². The Morgan fingerprint density at radius 3 is 2.37 bits per heavy atom. The van der Waals surface area contributed by atoms with E-state index in [0.717, 1.165) is 13.0 Å². The number of hydrogen-bond donors (Lipinski definition) is 2. The molecule has 4 nitrogen and oxygen atoms in total. The molecule has 104 valence electrons. The van der Waals surface area contributed by atoms with Crippen LogP contribution in [0.1, 0.15) is 22.8 Å². The zero-order valence-electron chi connectivity index (χ0n) is 9.58. The second-order valence-corrected chi connectivity index (χ2v) is 3.73. The third-order valence-corrected chi connectivity index (χ3v) is 2.25. The molecule has 1 atom stereocenters. The minimum absolute atomic E-state index is 0.333. The number of benzene rings is 1. The first-order valence-electron chi connectivity index (χ1n) is 5.03. The van der Waals surface area contributed by atoms with Gasteiger partial charge in [-0.25, -0.2) is 4.39 Å². The van der Waals surface area contributed by atoms with Gasteiger partial charge in [-0.1, -0.05) is 0 Å². The fraction of sp³-hybridized carbons (Fsp3) is 0.273. The Morgan fingerprint density at radius 1 is 1.32 bits per heavy atom. The van der Waals surface area contributed by atoms with Crippen LogP contribution >= 0.6 is 0 Å². The van der Waals surface area contributed by atoms with Crippen LogP contribution in [0.4, 0.5) is 17.6 Å². The SMILES string of the molecule is C[C@H](NC(=O)c1ccc(F)c(C(F)(F)F)c1)C(=O)O. The topological polar surface area (TPSA) is 66.4 Å². The highest BCUT2D eigenvalue weighted by molar-refractivity contribution is 5.96. The minimum Gasteiger partial charge on any atom is -0.480 e. The van der Waals surface area contributed by atoms with Crippen molar-refractivity contribution in [3.8, 4) is 0 Å². The Bertz CT molecular complexity index is 513. The lowest BCUT2D eigenvalue weighted by atomic mass is 10.1. The average molecular weight is 279 g/mol. The number of hydrogen-bond acceptors (Lipinski definition) is 2. The Kier molecular flexibility index (Phi) is 4.13. The van der Waals surface area contributed by atoms with Gasteiger partial charge < -0.3 is 10.4 Å². The van der Waals surface area contributed by atoms with Crippen molar-refractivity contribution in [2.75, 3.05) is 0 Å². The summed E-state index contributed by atoms with van der Waals surface area (Å²) in [4.78, 5) is 22.0. The van der Waals surface area contributed by atoms with Crippen LogP contribution in [-0.4, -0.2) is 23.0 Å². The maximum atomic E-state index is 13.0. The number of carbonyl (C=O) groups is 2. The minimum atomic E-state index is -4.93. The summed E-state index contributed by atoms with van der Waals surface area (Å²) in [6, 6.07) is 0.406. The second kappa shape index (κ2) is 5.25. The van der Waals surface area contributed by atoms with Gasteiger partial charge in [-0.3, -0.25) is 9.59 Å². The quantitative estimate of drug-likeness (QED) is 0.832. The molecule has 0 aromatic heterocycles. The molecule has 1 aromatic carbocycles. The Hall–Kier alpha value is -2.12. The van der Waals surface area contributed by atoms with Crippen LogP contribution in [0.3, 0.4) is 0 Å². The highest BCUT2D eigenvalue weighted by atomic mass is 19.4. The maximum Gasteiger partial charge on any atom is 0.419 e. The summed E-state index contributed by atoms with van der Waals surface area (Å²) in [6.45, 7) is 1.15. The van der Waals surface area contributed by atoms with Gasteiger partial charge in [0, 0.05) is 5.56 Å². The van der Waals surface area contributed by atoms with Crippen molar-refractivity contribution in [1.82, 2.24) is 5.32 Å². The Morgan fingerprint density at radius 2 is 1.89 bits per heavy atom. The van der Waals surface area contributed by atoms with E-state index in [1.165, 1.54) is 0 Å². The summed E-state index contributed by atoms with van der Waals surface area (Å²) in [6.07, 6.45) is -4.93. The molecule has 0 unspecified atom stereocenters. The summed E-state index contributed by atoms with van der Waals surface area (Å²) in [5.74, 6) is -3.87. The highest BCUT2D eigenvalue weighted by Crippen LogP contribution is 2.31. The molecule has 0 saturated carbocycles. The van der Waals surface area contributed by atoms with Gasteiger partial charge in [-0.2, -0.15) is 13.2 Å². The van der Waals surface area contributed by atoms with Crippen LogP contribution in [0.5, 0.6) is 0 Å². The van der Waals surface area contributed by atoms with E-state index >= 15 is 0 Å². The van der Waals surface area contributed by atoms with E-state index in [0.29, 0.717) is 12.1 Å². The molecule has 0 saturated heterocycles. The van der Waals surface area contributed by atoms with Gasteiger partial charge in [0.2, 0.25) is 0 Å². The number of carboxylic acids is 1. The molecule has 0 spiro atoms. The fourth-order valence-electron chi connectivity index (χ4n) is 1.23. The number of carboxylic acid groups (broad SMARTS) is 1. The molecule has 2 N–H and O–H groups in total. The monoisotopic (exact) mass is 279 g/mol. The van der Waals surface area contributed by atoms with Gasteiger partial charge in [-0.15, -0.1) is 0 Å². The number of carbonyl (C=O) groups excluding carboxylic acids is 1. The molecule has 0 radical (unpaired) electrons. The molecule has 19 heavy (non-hydrogen) atoms. The van der Waals surface area contributed by atoms with E-state index in [-0.39, 0.29) is 0 Å². The summed E-state index contributed by atoms with van der Waals surface area (Å²) in [5, 5.41) is 10.5. The van der Waals surface area contributed by atoms with Gasteiger partial charge >= 0.3 is 12.1 Å². The van der Waals surface area contributed by atoms with Crippen molar-refractivity contribution in [2.45, 2.75) is 19.1 Å². The number of rotatable bonds is 3. The molecule has 8 heteroatoms. The first-order chi connectivity index (χ1) is 8.62. The molecular formula is C11H9F4NO3. The maximum absolute atomic E-state index is 13.0. The molecule has 0 aliphatic heterocycles. The van der Waals surface area contributed by atoms with Gasteiger partial charge in [0.15, 0.2) is 0 Å². The average Bonchev–Trinajstić information content (AvgIpc) is 2.27. The zero-order valence-corrected chi connectivity index (χ0v) is 9.58. The molecule has 0 bridgehead atoms. The van der Waals surface area contributed by atoms with Crippen molar-refractivity contribution in [1.29, 1.82) is 0 Å². The van der Waals surface area contributed by atoms with Crippen molar-refractivity contribution < 1.29 is 32.3 Å². The van der Waals surface area contributed by atoms with Crippen molar-refractivity contribution in [2.24, 2.45) is 0 Å². The van der Waals surface area contributed by atoms with Crippen LogP contribution in [-0.2, 0) is 11.0 Å². The van der Waals surface area contributed by atoms with Gasteiger partial charge in [0.1, 0.15) is 11.9 Å². The van der Waals surface area contributed by atoms with E-state index in [4.69, 9.17) is 5.11 Å². The van der Waals surface area contributed by atoms with Crippen LogP contribution in [0.15, 0.2) is 18.2 Å². The Labute approximate surface area is 105 Å². The number of halogens is 4. The molecular weight excluding hydrogens is 270 g/mol. The predicted octanol–water partition coefficient (Wildman–Crippen LogP) is 2.05. The van der Waals surface area contributed by atoms with Crippen molar-refractivity contribution in [3.05, 3.63) is 35.1 Å². The lowest BCUT2D eigenvalue weighted by Crippen LogP contribution is -2.38. The number of aliphatic carboxylic acids is 1. The van der Waals surface area contributed by atoms with Crippen LogP contribution in [0, 0.1) is 5.82 Å². The third-order valence-electron chi connectivity index (χ3n) is 2.25. The molecule has 1 rings (SSSR count). The number of nitrogens with one attached hydrogen (secondary N) is 1. The number of alkyl halides is 3. The molecule has 0 aliphatic rings. The van der Waals surface area contributed by atoms with Crippen molar-refractivity contribution in [3.63, 3.8) is 0 Å². The largest absolute Gasteiger partial charge is 0.480 e. The van der Waals surface area contributed by atoms with E-state index < -0.39 is 41.0 Å².